The van der Waals surface area contributed by atoms with Crippen molar-refractivity contribution in [1.29, 1.82) is 0 Å². The number of methoxy groups -OCH3 is 1. The Morgan fingerprint density at radius 3 is 2.96 bits per heavy atom. The summed E-state index contributed by atoms with van der Waals surface area (Å²) in [5.41, 5.74) is 2.68. The van der Waals surface area contributed by atoms with Gasteiger partial charge in [0, 0.05) is 7.05 Å². The molecule has 0 atom stereocenters. The van der Waals surface area contributed by atoms with E-state index in [0.717, 1.165) is 5.56 Å². The Morgan fingerprint density at radius 1 is 1.39 bits per heavy atom. The van der Waals surface area contributed by atoms with Crippen molar-refractivity contribution < 1.29 is 9.53 Å². The van der Waals surface area contributed by atoms with Gasteiger partial charge in [-0.1, -0.05) is 12.1 Å². The molecule has 0 saturated heterocycles. The Bertz CT molecular complexity index is 877. The minimum absolute atomic E-state index is 0.145. The third-order valence-electron chi connectivity index (χ3n) is 3.37. The van der Waals surface area contributed by atoms with E-state index in [-0.39, 0.29) is 11.3 Å². The summed E-state index contributed by atoms with van der Waals surface area (Å²) < 4.78 is 6.59. The molecule has 1 aromatic carbocycles. The summed E-state index contributed by atoms with van der Waals surface area (Å²) in [7, 11) is 3.10. The standard InChI is InChI=1S/C15H14ClN5O2/c1-17-12-11-13(20-15(16)19-12)21(8-18-11)7-9-4-3-5-10(6-9)14(22)23-2/h3-6,8H,7H2,1-2H3,(H,17,19,20). The van der Waals surface area contributed by atoms with Crippen LogP contribution in [0.4, 0.5) is 5.82 Å². The van der Waals surface area contributed by atoms with Crippen LogP contribution >= 0.6 is 11.6 Å². The zero-order valence-corrected chi connectivity index (χ0v) is 13.3. The Labute approximate surface area is 137 Å². The average Bonchev–Trinajstić information content (AvgIpc) is 2.96. The maximum Gasteiger partial charge on any atom is 0.337 e. The summed E-state index contributed by atoms with van der Waals surface area (Å²) in [5, 5.41) is 3.09. The van der Waals surface area contributed by atoms with Gasteiger partial charge in [-0.25, -0.2) is 9.78 Å². The topological polar surface area (TPSA) is 81.9 Å². The number of carbonyl (C=O) groups excluding carboxylic acids is 1. The molecule has 2 heterocycles. The summed E-state index contributed by atoms with van der Waals surface area (Å²) in [4.78, 5) is 24.3. The number of fused-ring (bicyclic) bond motifs is 1. The number of ether oxygens (including phenoxy) is 1. The highest BCUT2D eigenvalue weighted by Gasteiger charge is 2.12. The predicted octanol–water partition coefficient (Wildman–Crippen LogP) is 2.36. The molecule has 0 amide bonds. The Morgan fingerprint density at radius 2 is 2.22 bits per heavy atom. The zero-order valence-electron chi connectivity index (χ0n) is 12.6. The smallest absolute Gasteiger partial charge is 0.337 e. The second-order valence-corrected chi connectivity index (χ2v) is 5.17. The monoisotopic (exact) mass is 331 g/mol. The van der Waals surface area contributed by atoms with Crippen LogP contribution in [0.1, 0.15) is 15.9 Å². The van der Waals surface area contributed by atoms with Crippen LogP contribution in [0.3, 0.4) is 0 Å². The number of hydrogen-bond donors (Lipinski definition) is 1. The van der Waals surface area contributed by atoms with Gasteiger partial charge in [0.1, 0.15) is 0 Å². The molecule has 0 aliphatic rings. The van der Waals surface area contributed by atoms with Gasteiger partial charge in [0.25, 0.3) is 0 Å². The molecule has 1 N–H and O–H groups in total. The van der Waals surface area contributed by atoms with E-state index >= 15 is 0 Å². The molecule has 0 bridgehead atoms. The van der Waals surface area contributed by atoms with Crippen LogP contribution in [0, 0.1) is 0 Å². The van der Waals surface area contributed by atoms with Crippen LogP contribution in [0.2, 0.25) is 5.28 Å². The summed E-state index contributed by atoms with van der Waals surface area (Å²) in [5.74, 6) is 0.201. The molecule has 23 heavy (non-hydrogen) atoms. The molecule has 0 saturated carbocycles. The van der Waals surface area contributed by atoms with Crippen molar-refractivity contribution in [2.24, 2.45) is 0 Å². The molecule has 3 aromatic rings. The fourth-order valence-corrected chi connectivity index (χ4v) is 2.48. The molecular weight excluding hydrogens is 318 g/mol. The van der Waals surface area contributed by atoms with Crippen LogP contribution < -0.4 is 5.32 Å². The number of nitrogens with zero attached hydrogens (tertiary/aromatic N) is 4. The molecule has 0 radical (unpaired) electrons. The molecule has 0 spiro atoms. The molecule has 2 aromatic heterocycles. The van der Waals surface area contributed by atoms with E-state index in [1.54, 1.807) is 25.5 Å². The van der Waals surface area contributed by atoms with E-state index in [9.17, 15) is 4.79 Å². The van der Waals surface area contributed by atoms with E-state index in [1.165, 1.54) is 7.11 Å². The van der Waals surface area contributed by atoms with Crippen molar-refractivity contribution in [3.05, 3.63) is 47.0 Å². The van der Waals surface area contributed by atoms with E-state index in [2.05, 4.69) is 20.3 Å². The van der Waals surface area contributed by atoms with Gasteiger partial charge in [-0.05, 0) is 29.3 Å². The van der Waals surface area contributed by atoms with Gasteiger partial charge < -0.3 is 14.6 Å². The maximum absolute atomic E-state index is 11.6. The molecule has 0 aliphatic heterocycles. The van der Waals surface area contributed by atoms with E-state index in [1.807, 2.05) is 16.7 Å². The highest BCUT2D eigenvalue weighted by molar-refractivity contribution is 6.28. The van der Waals surface area contributed by atoms with Crippen molar-refractivity contribution in [3.8, 4) is 0 Å². The van der Waals surface area contributed by atoms with E-state index in [0.29, 0.717) is 29.1 Å². The molecule has 8 heteroatoms. The second-order valence-electron chi connectivity index (χ2n) is 4.83. The number of rotatable bonds is 4. The summed E-state index contributed by atoms with van der Waals surface area (Å²) in [6, 6.07) is 7.21. The quantitative estimate of drug-likeness (QED) is 0.584. The van der Waals surface area contributed by atoms with Crippen molar-refractivity contribution in [3.63, 3.8) is 0 Å². The number of nitrogens with one attached hydrogen (secondary N) is 1. The largest absolute Gasteiger partial charge is 0.465 e. The molecule has 7 nitrogen and oxygen atoms in total. The van der Waals surface area contributed by atoms with Crippen molar-refractivity contribution >= 4 is 34.6 Å². The summed E-state index contributed by atoms with van der Waals surface area (Å²) in [6.45, 7) is 0.498. The number of imidazole rings is 1. The zero-order chi connectivity index (χ0) is 16.4. The van der Waals surface area contributed by atoms with Gasteiger partial charge >= 0.3 is 5.97 Å². The molecule has 0 aliphatic carbocycles. The number of esters is 1. The van der Waals surface area contributed by atoms with Crippen molar-refractivity contribution in [2.75, 3.05) is 19.5 Å². The number of hydrogen-bond acceptors (Lipinski definition) is 6. The maximum atomic E-state index is 11.6. The Balaban J connectivity index is 1.99. The lowest BCUT2D eigenvalue weighted by Gasteiger charge is -2.07. The van der Waals surface area contributed by atoms with Crippen molar-refractivity contribution in [1.82, 2.24) is 19.5 Å². The third kappa shape index (κ3) is 2.95. The lowest BCUT2D eigenvalue weighted by atomic mass is 10.1. The van der Waals surface area contributed by atoms with Crippen LogP contribution in [-0.4, -0.2) is 39.6 Å². The first kappa shape index (κ1) is 15.2. The molecule has 118 valence electrons. The molecule has 3 rings (SSSR count). The number of halogens is 1. The first-order valence-corrected chi connectivity index (χ1v) is 7.23. The average molecular weight is 332 g/mol. The van der Waals surface area contributed by atoms with E-state index < -0.39 is 0 Å². The normalized spacial score (nSPS) is 10.7. The fraction of sp³-hybridized carbons (Fsp3) is 0.200. The lowest BCUT2D eigenvalue weighted by molar-refractivity contribution is 0.0600. The Hall–Kier alpha value is -2.67. The van der Waals surface area contributed by atoms with Crippen LogP contribution in [0.25, 0.3) is 11.2 Å². The summed E-state index contributed by atoms with van der Waals surface area (Å²) >= 11 is 5.96. The van der Waals surface area contributed by atoms with Gasteiger partial charge in [-0.15, -0.1) is 0 Å². The van der Waals surface area contributed by atoms with Gasteiger partial charge in [0.15, 0.2) is 17.0 Å². The highest BCUT2D eigenvalue weighted by Crippen LogP contribution is 2.21. The SMILES string of the molecule is CNc1nc(Cl)nc2c1ncn2Cc1cccc(C(=O)OC)c1. The minimum atomic E-state index is -0.370. The first-order valence-electron chi connectivity index (χ1n) is 6.85. The lowest BCUT2D eigenvalue weighted by Crippen LogP contribution is -2.04. The van der Waals surface area contributed by atoms with Crippen LogP contribution in [0.15, 0.2) is 30.6 Å². The number of anilines is 1. The van der Waals surface area contributed by atoms with Crippen molar-refractivity contribution in [2.45, 2.75) is 6.54 Å². The highest BCUT2D eigenvalue weighted by atomic mass is 35.5. The molecular formula is C15H14ClN5O2. The number of benzene rings is 1. The van der Waals surface area contributed by atoms with Gasteiger partial charge in [0.05, 0.1) is 25.5 Å². The number of aromatic nitrogens is 4. The minimum Gasteiger partial charge on any atom is -0.465 e. The van der Waals surface area contributed by atoms with E-state index in [4.69, 9.17) is 16.3 Å². The van der Waals surface area contributed by atoms with Gasteiger partial charge in [-0.2, -0.15) is 9.97 Å². The number of carbonyl (C=O) groups is 1. The second kappa shape index (κ2) is 6.21. The fourth-order valence-electron chi connectivity index (χ4n) is 2.32. The van der Waals surface area contributed by atoms with Gasteiger partial charge in [0.2, 0.25) is 5.28 Å². The predicted molar refractivity (Wildman–Crippen MR) is 86.8 cm³/mol. The molecule has 0 unspecified atom stereocenters. The van der Waals surface area contributed by atoms with Crippen LogP contribution in [-0.2, 0) is 11.3 Å². The Kier molecular flexibility index (Phi) is 4.12. The third-order valence-corrected chi connectivity index (χ3v) is 3.54. The van der Waals surface area contributed by atoms with Gasteiger partial charge in [-0.3, -0.25) is 0 Å². The van der Waals surface area contributed by atoms with Crippen LogP contribution in [0.5, 0.6) is 0 Å². The summed E-state index contributed by atoms with van der Waals surface area (Å²) in [6.07, 6.45) is 1.67. The first-order chi connectivity index (χ1) is 11.1. The molecule has 0 fully saturated rings.